The summed E-state index contributed by atoms with van der Waals surface area (Å²) in [5.74, 6) is -0.321. The van der Waals surface area contributed by atoms with E-state index >= 15 is 0 Å². The number of rotatable bonds is 4. The van der Waals surface area contributed by atoms with Crippen molar-refractivity contribution in [2.24, 2.45) is 0 Å². The Labute approximate surface area is 134 Å². The molecule has 2 rings (SSSR count). The van der Waals surface area contributed by atoms with Crippen molar-refractivity contribution in [2.75, 3.05) is 5.32 Å². The number of para-hydroxylation sites is 1. The Kier molecular flexibility index (Phi) is 4.98. The van der Waals surface area contributed by atoms with E-state index in [-0.39, 0.29) is 17.4 Å². The van der Waals surface area contributed by atoms with Crippen LogP contribution in [0.5, 0.6) is 0 Å². The molecule has 2 N–H and O–H groups in total. The van der Waals surface area contributed by atoms with Gasteiger partial charge in [-0.25, -0.2) is 0 Å². The Balaban J connectivity index is 2.11. The standard InChI is InChI=1S/C17H20N2O2S/c1-17(2,3)19-16(21)13-8-4-5-9-14(13)18-15(20)11-12-7-6-10-22-12/h4-10H,11H2,1-3H3,(H,18,20)(H,19,21). The van der Waals surface area contributed by atoms with E-state index in [0.717, 1.165) is 4.88 Å². The largest absolute Gasteiger partial charge is 0.347 e. The molecule has 0 radical (unpaired) electrons. The topological polar surface area (TPSA) is 58.2 Å². The molecule has 0 fully saturated rings. The van der Waals surface area contributed by atoms with Crippen molar-refractivity contribution in [2.45, 2.75) is 32.7 Å². The highest BCUT2D eigenvalue weighted by atomic mass is 32.1. The maximum absolute atomic E-state index is 12.3. The van der Waals surface area contributed by atoms with Crippen LogP contribution >= 0.6 is 11.3 Å². The van der Waals surface area contributed by atoms with Crippen LogP contribution in [0.15, 0.2) is 41.8 Å². The van der Waals surface area contributed by atoms with E-state index in [4.69, 9.17) is 0 Å². The van der Waals surface area contributed by atoms with E-state index in [1.165, 1.54) is 0 Å². The van der Waals surface area contributed by atoms with Crippen LogP contribution in [0.25, 0.3) is 0 Å². The van der Waals surface area contributed by atoms with Crippen LogP contribution in [0, 0.1) is 0 Å². The highest BCUT2D eigenvalue weighted by Crippen LogP contribution is 2.17. The molecule has 116 valence electrons. The van der Waals surface area contributed by atoms with E-state index in [2.05, 4.69) is 10.6 Å². The molecule has 5 heteroatoms. The molecular weight excluding hydrogens is 296 g/mol. The molecule has 22 heavy (non-hydrogen) atoms. The number of hydrogen-bond acceptors (Lipinski definition) is 3. The summed E-state index contributed by atoms with van der Waals surface area (Å²) in [6.07, 6.45) is 0.312. The lowest BCUT2D eigenvalue weighted by Crippen LogP contribution is -2.40. The van der Waals surface area contributed by atoms with E-state index in [0.29, 0.717) is 17.7 Å². The average Bonchev–Trinajstić information content (AvgIpc) is 2.90. The smallest absolute Gasteiger partial charge is 0.253 e. The van der Waals surface area contributed by atoms with Gasteiger partial charge in [-0.2, -0.15) is 0 Å². The third kappa shape index (κ3) is 4.70. The second kappa shape index (κ2) is 6.75. The fourth-order valence-electron chi connectivity index (χ4n) is 1.96. The number of anilines is 1. The quantitative estimate of drug-likeness (QED) is 0.907. The lowest BCUT2D eigenvalue weighted by atomic mass is 10.1. The van der Waals surface area contributed by atoms with Crippen molar-refractivity contribution >= 4 is 28.8 Å². The van der Waals surface area contributed by atoms with Gasteiger partial charge >= 0.3 is 0 Å². The van der Waals surface area contributed by atoms with Crippen LogP contribution in [-0.4, -0.2) is 17.4 Å². The number of carbonyl (C=O) groups excluding carboxylic acids is 2. The second-order valence-corrected chi connectivity index (χ2v) is 7.09. The Bertz CT molecular complexity index is 658. The molecule has 0 atom stereocenters. The summed E-state index contributed by atoms with van der Waals surface area (Å²) < 4.78 is 0. The van der Waals surface area contributed by atoms with Crippen molar-refractivity contribution in [1.82, 2.24) is 5.32 Å². The van der Waals surface area contributed by atoms with Gasteiger partial charge in [-0.15, -0.1) is 11.3 Å². The Morgan fingerprint density at radius 2 is 1.82 bits per heavy atom. The molecule has 0 aliphatic carbocycles. The zero-order valence-corrected chi connectivity index (χ0v) is 13.8. The van der Waals surface area contributed by atoms with Crippen LogP contribution < -0.4 is 10.6 Å². The summed E-state index contributed by atoms with van der Waals surface area (Å²) >= 11 is 1.54. The minimum atomic E-state index is -0.328. The summed E-state index contributed by atoms with van der Waals surface area (Å²) in [6.45, 7) is 5.76. The second-order valence-electron chi connectivity index (χ2n) is 6.05. The Morgan fingerprint density at radius 3 is 2.45 bits per heavy atom. The zero-order chi connectivity index (χ0) is 16.2. The summed E-state index contributed by atoms with van der Waals surface area (Å²) in [4.78, 5) is 25.4. The van der Waals surface area contributed by atoms with Gasteiger partial charge in [0, 0.05) is 10.4 Å². The van der Waals surface area contributed by atoms with Crippen molar-refractivity contribution in [1.29, 1.82) is 0 Å². The van der Waals surface area contributed by atoms with Crippen LogP contribution in [0.1, 0.15) is 36.0 Å². The van der Waals surface area contributed by atoms with Crippen LogP contribution in [0.3, 0.4) is 0 Å². The highest BCUT2D eigenvalue weighted by Gasteiger charge is 2.18. The number of hydrogen-bond donors (Lipinski definition) is 2. The minimum Gasteiger partial charge on any atom is -0.347 e. The average molecular weight is 316 g/mol. The summed E-state index contributed by atoms with van der Waals surface area (Å²) in [5, 5.41) is 7.67. The van der Waals surface area contributed by atoms with Crippen molar-refractivity contribution in [3.05, 3.63) is 52.2 Å². The molecule has 4 nitrogen and oxygen atoms in total. The van der Waals surface area contributed by atoms with Gasteiger partial charge in [0.05, 0.1) is 17.7 Å². The van der Waals surface area contributed by atoms with Crippen LogP contribution in [-0.2, 0) is 11.2 Å². The first-order valence-electron chi connectivity index (χ1n) is 7.09. The summed E-state index contributed by atoms with van der Waals surface area (Å²) in [7, 11) is 0. The van der Waals surface area contributed by atoms with Crippen molar-refractivity contribution < 1.29 is 9.59 Å². The van der Waals surface area contributed by atoms with E-state index in [9.17, 15) is 9.59 Å². The monoisotopic (exact) mass is 316 g/mol. The zero-order valence-electron chi connectivity index (χ0n) is 13.0. The summed E-state index contributed by atoms with van der Waals surface area (Å²) in [6, 6.07) is 10.9. The minimum absolute atomic E-state index is 0.126. The fraction of sp³-hybridized carbons (Fsp3) is 0.294. The molecule has 0 bridgehead atoms. The molecule has 0 aliphatic rings. The molecular formula is C17H20N2O2S. The van der Waals surface area contributed by atoms with E-state index in [1.807, 2.05) is 38.3 Å². The predicted octanol–water partition coefficient (Wildman–Crippen LogP) is 3.46. The number of benzene rings is 1. The fourth-order valence-corrected chi connectivity index (χ4v) is 2.67. The highest BCUT2D eigenvalue weighted by molar-refractivity contribution is 7.10. The molecule has 1 aromatic heterocycles. The molecule has 1 aromatic carbocycles. The van der Waals surface area contributed by atoms with E-state index < -0.39 is 0 Å². The lowest BCUT2D eigenvalue weighted by molar-refractivity contribution is -0.115. The number of carbonyl (C=O) groups is 2. The molecule has 0 aliphatic heterocycles. The van der Waals surface area contributed by atoms with Gasteiger partial charge in [-0.05, 0) is 44.4 Å². The molecule has 0 saturated heterocycles. The van der Waals surface area contributed by atoms with E-state index in [1.54, 1.807) is 35.6 Å². The van der Waals surface area contributed by atoms with Gasteiger partial charge in [0.2, 0.25) is 5.91 Å². The first kappa shape index (κ1) is 16.2. The van der Waals surface area contributed by atoms with Crippen LogP contribution in [0.4, 0.5) is 5.69 Å². The maximum atomic E-state index is 12.3. The van der Waals surface area contributed by atoms with Crippen molar-refractivity contribution in [3.63, 3.8) is 0 Å². The van der Waals surface area contributed by atoms with Gasteiger partial charge in [-0.1, -0.05) is 18.2 Å². The number of amides is 2. The first-order chi connectivity index (χ1) is 10.3. The first-order valence-corrected chi connectivity index (χ1v) is 7.97. The molecule has 0 saturated carbocycles. The third-order valence-electron chi connectivity index (χ3n) is 2.85. The lowest BCUT2D eigenvalue weighted by Gasteiger charge is -2.21. The van der Waals surface area contributed by atoms with Gasteiger partial charge in [0.15, 0.2) is 0 Å². The summed E-state index contributed by atoms with van der Waals surface area (Å²) in [5.41, 5.74) is 0.674. The molecule has 1 heterocycles. The Morgan fingerprint density at radius 1 is 1.09 bits per heavy atom. The molecule has 2 amide bonds. The maximum Gasteiger partial charge on any atom is 0.253 e. The predicted molar refractivity (Wildman–Crippen MR) is 90.3 cm³/mol. The van der Waals surface area contributed by atoms with Gasteiger partial charge < -0.3 is 10.6 Å². The molecule has 0 unspecified atom stereocenters. The SMILES string of the molecule is CC(C)(C)NC(=O)c1ccccc1NC(=O)Cc1cccs1. The Hall–Kier alpha value is -2.14. The normalized spacial score (nSPS) is 11.0. The van der Waals surface area contributed by atoms with Crippen LogP contribution in [0.2, 0.25) is 0 Å². The third-order valence-corrected chi connectivity index (χ3v) is 3.73. The van der Waals surface area contributed by atoms with Gasteiger partial charge in [-0.3, -0.25) is 9.59 Å². The van der Waals surface area contributed by atoms with Gasteiger partial charge in [0.25, 0.3) is 5.91 Å². The van der Waals surface area contributed by atoms with Gasteiger partial charge in [0.1, 0.15) is 0 Å². The molecule has 2 aromatic rings. The number of nitrogens with one attached hydrogen (secondary N) is 2. The van der Waals surface area contributed by atoms with Crippen molar-refractivity contribution in [3.8, 4) is 0 Å². The molecule has 0 spiro atoms. The number of thiophene rings is 1.